The van der Waals surface area contributed by atoms with Gasteiger partial charge in [0.2, 0.25) is 0 Å². The number of rotatable bonds is 3. The number of thioether (sulfide) groups is 1. The van der Waals surface area contributed by atoms with Gasteiger partial charge in [0.25, 0.3) is 5.56 Å². The Hall–Kier alpha value is -2.11. The summed E-state index contributed by atoms with van der Waals surface area (Å²) < 4.78 is 0.550. The van der Waals surface area contributed by atoms with Crippen molar-refractivity contribution in [3.05, 3.63) is 44.2 Å². The first-order valence-corrected chi connectivity index (χ1v) is 7.61. The van der Waals surface area contributed by atoms with Crippen molar-refractivity contribution in [2.24, 2.45) is 0 Å². The first-order valence-electron chi connectivity index (χ1n) is 5.59. The second kappa shape index (κ2) is 6.11. The van der Waals surface area contributed by atoms with Gasteiger partial charge in [0.15, 0.2) is 5.16 Å². The lowest BCUT2D eigenvalue weighted by Gasteiger charge is -2.08. The fraction of sp³-hybridized carbons (Fsp3) is 0.0769. The van der Waals surface area contributed by atoms with Gasteiger partial charge in [-0.25, -0.2) is 9.78 Å². The predicted molar refractivity (Wildman–Crippen MR) is 81.4 cm³/mol. The fourth-order valence-electron chi connectivity index (χ4n) is 1.69. The molecule has 0 aliphatic heterocycles. The third-order valence-electron chi connectivity index (χ3n) is 2.67. The van der Waals surface area contributed by atoms with Crippen LogP contribution < -0.4 is 5.56 Å². The average Bonchev–Trinajstić information content (AvgIpc) is 2.46. The molecule has 8 heteroatoms. The SMILES string of the molecule is CSc1nc(-c2cc(C(=O)O)ccc2Br)c(C#N)c(=O)[nH]1. The topological polar surface area (TPSA) is 107 Å². The van der Waals surface area contributed by atoms with Crippen LogP contribution in [0.3, 0.4) is 0 Å². The van der Waals surface area contributed by atoms with E-state index in [0.29, 0.717) is 15.2 Å². The molecular weight excluding hydrogens is 358 g/mol. The molecule has 0 aliphatic carbocycles. The normalized spacial score (nSPS) is 10.1. The van der Waals surface area contributed by atoms with Crippen LogP contribution in [-0.4, -0.2) is 27.3 Å². The van der Waals surface area contributed by atoms with Crippen molar-refractivity contribution in [3.8, 4) is 17.3 Å². The van der Waals surface area contributed by atoms with Gasteiger partial charge in [0.1, 0.15) is 11.6 Å². The van der Waals surface area contributed by atoms with Crippen LogP contribution in [0, 0.1) is 11.3 Å². The van der Waals surface area contributed by atoms with Crippen LogP contribution in [0.15, 0.2) is 32.6 Å². The highest BCUT2D eigenvalue weighted by Gasteiger charge is 2.17. The van der Waals surface area contributed by atoms with Crippen molar-refractivity contribution >= 4 is 33.7 Å². The van der Waals surface area contributed by atoms with Gasteiger partial charge in [-0.15, -0.1) is 0 Å². The number of nitrogens with one attached hydrogen (secondary N) is 1. The standard InChI is InChI=1S/C13H8BrN3O3S/c1-21-13-16-10(8(5-15)11(18)17-13)7-4-6(12(19)20)2-3-9(7)14/h2-4H,1H3,(H,19,20)(H,16,17,18). The first-order chi connectivity index (χ1) is 9.97. The number of benzene rings is 1. The molecule has 0 unspecified atom stereocenters. The molecule has 6 nitrogen and oxygen atoms in total. The maximum atomic E-state index is 11.9. The maximum Gasteiger partial charge on any atom is 0.335 e. The molecule has 1 aromatic heterocycles. The third kappa shape index (κ3) is 2.99. The molecule has 0 bridgehead atoms. The lowest BCUT2D eigenvalue weighted by molar-refractivity contribution is 0.0697. The van der Waals surface area contributed by atoms with Crippen molar-refractivity contribution in [1.29, 1.82) is 5.26 Å². The van der Waals surface area contributed by atoms with Crippen LogP contribution in [0.1, 0.15) is 15.9 Å². The number of aromatic carboxylic acids is 1. The van der Waals surface area contributed by atoms with Crippen LogP contribution in [0.2, 0.25) is 0 Å². The number of halogens is 1. The minimum Gasteiger partial charge on any atom is -0.478 e. The Morgan fingerprint density at radius 1 is 1.52 bits per heavy atom. The summed E-state index contributed by atoms with van der Waals surface area (Å²) in [4.78, 5) is 29.7. The number of hydrogen-bond donors (Lipinski definition) is 2. The van der Waals surface area contributed by atoms with Crippen LogP contribution in [0.4, 0.5) is 0 Å². The van der Waals surface area contributed by atoms with Gasteiger partial charge in [0, 0.05) is 10.0 Å². The largest absolute Gasteiger partial charge is 0.478 e. The first kappa shape index (κ1) is 15.3. The minimum absolute atomic E-state index is 0.0462. The van der Waals surface area contributed by atoms with Crippen LogP contribution in [-0.2, 0) is 0 Å². The molecule has 2 aromatic rings. The van der Waals surface area contributed by atoms with E-state index in [9.17, 15) is 9.59 Å². The number of carboxylic acids is 1. The quantitative estimate of drug-likeness (QED) is 0.639. The van der Waals surface area contributed by atoms with Crippen molar-refractivity contribution in [2.75, 3.05) is 6.26 Å². The van der Waals surface area contributed by atoms with E-state index in [1.165, 1.54) is 23.9 Å². The molecule has 0 saturated carbocycles. The Morgan fingerprint density at radius 3 is 2.81 bits per heavy atom. The molecule has 0 saturated heterocycles. The molecule has 2 rings (SSSR count). The second-order valence-corrected chi connectivity index (χ2v) is 5.56. The molecule has 0 atom stereocenters. The summed E-state index contributed by atoms with van der Waals surface area (Å²) in [6.07, 6.45) is 1.73. The number of carbonyl (C=O) groups is 1. The maximum absolute atomic E-state index is 11.9. The monoisotopic (exact) mass is 365 g/mol. The molecule has 106 valence electrons. The number of aromatic nitrogens is 2. The summed E-state index contributed by atoms with van der Waals surface area (Å²) in [5, 5.41) is 18.6. The van der Waals surface area contributed by atoms with Gasteiger partial charge < -0.3 is 10.1 Å². The molecule has 0 aliphatic rings. The zero-order valence-corrected chi connectivity index (χ0v) is 13.1. The van der Waals surface area contributed by atoms with Crippen molar-refractivity contribution in [1.82, 2.24) is 9.97 Å². The van der Waals surface area contributed by atoms with Crippen molar-refractivity contribution in [2.45, 2.75) is 5.16 Å². The summed E-state index contributed by atoms with van der Waals surface area (Å²) >= 11 is 4.51. The van der Waals surface area contributed by atoms with E-state index < -0.39 is 11.5 Å². The predicted octanol–water partition coefficient (Wildman–Crippen LogP) is 2.49. The summed E-state index contributed by atoms with van der Waals surface area (Å²) in [6, 6.07) is 6.14. The Morgan fingerprint density at radius 2 is 2.24 bits per heavy atom. The van der Waals surface area contributed by atoms with Gasteiger partial charge in [-0.2, -0.15) is 5.26 Å². The van der Waals surface area contributed by atoms with E-state index in [1.807, 2.05) is 0 Å². The Bertz CT molecular complexity index is 826. The minimum atomic E-state index is -1.10. The van der Waals surface area contributed by atoms with Crippen LogP contribution in [0.5, 0.6) is 0 Å². The van der Waals surface area contributed by atoms with Crippen LogP contribution in [0.25, 0.3) is 11.3 Å². The van der Waals surface area contributed by atoms with Gasteiger partial charge >= 0.3 is 5.97 Å². The highest BCUT2D eigenvalue weighted by atomic mass is 79.9. The van der Waals surface area contributed by atoms with E-state index in [2.05, 4.69) is 25.9 Å². The molecule has 0 radical (unpaired) electrons. The number of aromatic amines is 1. The molecular formula is C13H8BrN3O3S. The van der Waals surface area contributed by atoms with Gasteiger partial charge in [-0.3, -0.25) is 4.79 Å². The number of carboxylic acid groups (broad SMARTS) is 1. The fourth-order valence-corrected chi connectivity index (χ4v) is 2.50. The van der Waals surface area contributed by atoms with Crippen LogP contribution >= 0.6 is 27.7 Å². The molecule has 0 fully saturated rings. The molecule has 0 amide bonds. The molecule has 21 heavy (non-hydrogen) atoms. The number of H-pyrrole nitrogens is 1. The molecule has 2 N–H and O–H groups in total. The van der Waals surface area contributed by atoms with Gasteiger partial charge in [-0.1, -0.05) is 27.7 Å². The number of nitrogens with zero attached hydrogens (tertiary/aromatic N) is 2. The van der Waals surface area contributed by atoms with E-state index >= 15 is 0 Å². The Kier molecular flexibility index (Phi) is 4.45. The summed E-state index contributed by atoms with van der Waals surface area (Å²) in [6.45, 7) is 0. The summed E-state index contributed by atoms with van der Waals surface area (Å²) in [5.41, 5.74) is -0.131. The Labute approximate surface area is 132 Å². The lowest BCUT2D eigenvalue weighted by atomic mass is 10.0. The van der Waals surface area contributed by atoms with Gasteiger partial charge in [-0.05, 0) is 24.5 Å². The third-order valence-corrected chi connectivity index (χ3v) is 3.94. The smallest absolute Gasteiger partial charge is 0.335 e. The van der Waals surface area contributed by atoms with E-state index in [1.54, 1.807) is 18.4 Å². The zero-order valence-electron chi connectivity index (χ0n) is 10.7. The van der Waals surface area contributed by atoms with Crippen molar-refractivity contribution in [3.63, 3.8) is 0 Å². The lowest BCUT2D eigenvalue weighted by Crippen LogP contribution is -2.15. The summed E-state index contributed by atoms with van der Waals surface area (Å²) in [5.74, 6) is -1.10. The second-order valence-electron chi connectivity index (χ2n) is 3.91. The van der Waals surface area contributed by atoms with E-state index in [-0.39, 0.29) is 16.8 Å². The van der Waals surface area contributed by atoms with E-state index in [4.69, 9.17) is 10.4 Å². The number of hydrogen-bond acceptors (Lipinski definition) is 5. The van der Waals surface area contributed by atoms with E-state index in [0.717, 1.165) is 0 Å². The summed E-state index contributed by atoms with van der Waals surface area (Å²) in [7, 11) is 0. The highest BCUT2D eigenvalue weighted by molar-refractivity contribution is 9.10. The van der Waals surface area contributed by atoms with Gasteiger partial charge in [0.05, 0.1) is 11.3 Å². The number of nitriles is 1. The Balaban J connectivity index is 2.80. The van der Waals surface area contributed by atoms with Crippen molar-refractivity contribution < 1.29 is 9.90 Å². The highest BCUT2D eigenvalue weighted by Crippen LogP contribution is 2.30. The zero-order chi connectivity index (χ0) is 15.6. The molecule has 1 heterocycles. The average molecular weight is 366 g/mol. The molecule has 0 spiro atoms. The molecule has 1 aromatic carbocycles.